The van der Waals surface area contributed by atoms with Gasteiger partial charge in [-0.1, -0.05) is 23.8 Å². The summed E-state index contributed by atoms with van der Waals surface area (Å²) in [7, 11) is 2.00. The molecule has 0 unspecified atom stereocenters. The summed E-state index contributed by atoms with van der Waals surface area (Å²) in [6, 6.07) is 0. The molecule has 0 aromatic carbocycles. The van der Waals surface area contributed by atoms with Crippen LogP contribution >= 0.6 is 0 Å². The Bertz CT molecular complexity index is 150. The van der Waals surface area contributed by atoms with E-state index in [1.165, 1.54) is 18.4 Å². The van der Waals surface area contributed by atoms with Gasteiger partial charge in [0, 0.05) is 7.97 Å². The van der Waals surface area contributed by atoms with Gasteiger partial charge >= 0.3 is 0 Å². The molecule has 1 N–H and O–H groups in total. The Morgan fingerprint density at radius 2 is 2.40 bits per heavy atom. The number of rotatable bonds is 2. The Labute approximate surface area is 64.3 Å². The average Bonchev–Trinajstić information content (AvgIpc) is 2.17. The second kappa shape index (κ2) is 4.29. The molecular formula is C9H17N. The van der Waals surface area contributed by atoms with Gasteiger partial charge in [-0.2, -0.15) is 0 Å². The molecule has 0 atom stereocenters. The molecule has 1 nitrogen and oxygen atoms in total. The van der Waals surface area contributed by atoms with E-state index in [2.05, 4.69) is 23.5 Å². The van der Waals surface area contributed by atoms with Crippen molar-refractivity contribution >= 4 is 0 Å². The van der Waals surface area contributed by atoms with Crippen molar-refractivity contribution in [3.05, 3.63) is 23.8 Å². The zero-order chi connectivity index (χ0) is 7.23. The van der Waals surface area contributed by atoms with Gasteiger partial charge in [-0.3, -0.25) is 0 Å². The highest BCUT2D eigenvalue weighted by Gasteiger charge is 1.94. The zero-order valence-corrected chi connectivity index (χ0v) is 6.56. The van der Waals surface area contributed by atoms with Gasteiger partial charge < -0.3 is 5.32 Å². The van der Waals surface area contributed by atoms with E-state index in [4.69, 9.17) is 0 Å². The Hall–Kier alpha value is -0.560. The van der Waals surface area contributed by atoms with E-state index < -0.39 is 0 Å². The standard InChI is InChI=1S/C9H15N.H2/c1-10-8-9-6-4-2-3-5-7-9;/h2,4,7,10H,3,5-6,8H2,1H3;1H. The second-order valence-corrected chi connectivity index (χ2v) is 2.65. The first-order valence-corrected chi connectivity index (χ1v) is 3.91. The van der Waals surface area contributed by atoms with Gasteiger partial charge in [0.05, 0.1) is 0 Å². The van der Waals surface area contributed by atoms with Crippen LogP contribution in [0.15, 0.2) is 23.8 Å². The predicted molar refractivity (Wildman–Crippen MR) is 47.1 cm³/mol. The molecule has 0 amide bonds. The molecule has 0 aromatic heterocycles. The summed E-state index contributed by atoms with van der Waals surface area (Å²) in [6.45, 7) is 1.05. The minimum atomic E-state index is 0. The van der Waals surface area contributed by atoms with E-state index in [-0.39, 0.29) is 1.43 Å². The number of likely N-dealkylation sites (N-methyl/N-ethyl adjacent to an activating group) is 1. The topological polar surface area (TPSA) is 12.0 Å². The van der Waals surface area contributed by atoms with Crippen molar-refractivity contribution in [2.75, 3.05) is 13.6 Å². The van der Waals surface area contributed by atoms with E-state index in [1.807, 2.05) is 7.05 Å². The van der Waals surface area contributed by atoms with Crippen LogP contribution in [-0.2, 0) is 0 Å². The van der Waals surface area contributed by atoms with Gasteiger partial charge in [-0.05, 0) is 26.3 Å². The summed E-state index contributed by atoms with van der Waals surface area (Å²) in [4.78, 5) is 0. The van der Waals surface area contributed by atoms with Crippen molar-refractivity contribution in [1.29, 1.82) is 0 Å². The highest BCUT2D eigenvalue weighted by atomic mass is 14.8. The first-order chi connectivity index (χ1) is 4.93. The lowest BCUT2D eigenvalue weighted by atomic mass is 10.2. The maximum atomic E-state index is 3.16. The van der Waals surface area contributed by atoms with Crippen molar-refractivity contribution in [1.82, 2.24) is 5.32 Å². The molecule has 0 fully saturated rings. The number of nitrogens with one attached hydrogen (secondary N) is 1. The maximum Gasteiger partial charge on any atom is 0.0164 e. The lowest BCUT2D eigenvalue weighted by molar-refractivity contribution is 0.856. The van der Waals surface area contributed by atoms with Gasteiger partial charge in [0.25, 0.3) is 0 Å². The summed E-state index contributed by atoms with van der Waals surface area (Å²) in [6.07, 6.45) is 10.4. The van der Waals surface area contributed by atoms with Crippen molar-refractivity contribution in [3.63, 3.8) is 0 Å². The number of hydrogen-bond donors (Lipinski definition) is 1. The van der Waals surface area contributed by atoms with Crippen LogP contribution in [0.25, 0.3) is 0 Å². The molecule has 1 aliphatic carbocycles. The molecule has 0 aliphatic heterocycles. The summed E-state index contributed by atoms with van der Waals surface area (Å²) in [5.41, 5.74) is 1.52. The minimum absolute atomic E-state index is 0. The largest absolute Gasteiger partial charge is 0.316 e. The lowest BCUT2D eigenvalue weighted by Gasteiger charge is -2.00. The third-order valence-corrected chi connectivity index (χ3v) is 1.72. The third-order valence-electron chi connectivity index (χ3n) is 1.72. The SMILES string of the molecule is CNCC1=CCCC=CC1.[HH]. The van der Waals surface area contributed by atoms with E-state index in [9.17, 15) is 0 Å². The van der Waals surface area contributed by atoms with Gasteiger partial charge in [-0.15, -0.1) is 0 Å². The molecule has 0 spiro atoms. The summed E-state index contributed by atoms with van der Waals surface area (Å²) in [5.74, 6) is 0. The Kier molecular flexibility index (Phi) is 3.23. The third kappa shape index (κ3) is 2.36. The summed E-state index contributed by atoms with van der Waals surface area (Å²) in [5, 5.41) is 3.16. The molecule has 10 heavy (non-hydrogen) atoms. The number of hydrogen-bond acceptors (Lipinski definition) is 1. The van der Waals surface area contributed by atoms with Gasteiger partial charge in [0.1, 0.15) is 0 Å². The number of allylic oxidation sites excluding steroid dienone is 3. The van der Waals surface area contributed by atoms with E-state index in [0.29, 0.717) is 0 Å². The van der Waals surface area contributed by atoms with Crippen molar-refractivity contribution in [3.8, 4) is 0 Å². The van der Waals surface area contributed by atoms with Crippen molar-refractivity contribution < 1.29 is 1.43 Å². The molecular weight excluding hydrogens is 122 g/mol. The van der Waals surface area contributed by atoms with Gasteiger partial charge in [0.2, 0.25) is 0 Å². The van der Waals surface area contributed by atoms with Crippen LogP contribution < -0.4 is 5.32 Å². The van der Waals surface area contributed by atoms with E-state index in [0.717, 1.165) is 13.0 Å². The molecule has 58 valence electrons. The highest BCUT2D eigenvalue weighted by molar-refractivity contribution is 5.12. The van der Waals surface area contributed by atoms with Crippen LogP contribution in [0, 0.1) is 0 Å². The van der Waals surface area contributed by atoms with Crippen LogP contribution in [0.1, 0.15) is 20.7 Å². The molecule has 0 heterocycles. The Morgan fingerprint density at radius 1 is 1.50 bits per heavy atom. The lowest BCUT2D eigenvalue weighted by Crippen LogP contribution is -2.09. The van der Waals surface area contributed by atoms with Gasteiger partial charge in [0.15, 0.2) is 0 Å². The molecule has 0 aromatic rings. The molecule has 1 rings (SSSR count). The van der Waals surface area contributed by atoms with Crippen LogP contribution in [0.3, 0.4) is 0 Å². The highest BCUT2D eigenvalue weighted by Crippen LogP contribution is 2.09. The second-order valence-electron chi connectivity index (χ2n) is 2.65. The van der Waals surface area contributed by atoms with Crippen LogP contribution in [0.4, 0.5) is 0 Å². The fraction of sp³-hybridized carbons (Fsp3) is 0.556. The van der Waals surface area contributed by atoms with Crippen LogP contribution in [-0.4, -0.2) is 13.6 Å². The molecule has 0 saturated carbocycles. The van der Waals surface area contributed by atoms with Crippen molar-refractivity contribution in [2.24, 2.45) is 0 Å². The first kappa shape index (κ1) is 7.55. The average molecular weight is 139 g/mol. The Morgan fingerprint density at radius 3 is 3.20 bits per heavy atom. The predicted octanol–water partition coefficient (Wildman–Crippen LogP) is 2.12. The monoisotopic (exact) mass is 139 g/mol. The van der Waals surface area contributed by atoms with Crippen LogP contribution in [0.2, 0.25) is 0 Å². The molecule has 0 radical (unpaired) electrons. The minimum Gasteiger partial charge on any atom is -0.316 e. The smallest absolute Gasteiger partial charge is 0.0164 e. The zero-order valence-electron chi connectivity index (χ0n) is 6.56. The fourth-order valence-corrected chi connectivity index (χ4v) is 1.19. The normalized spacial score (nSPS) is 18.3. The molecule has 1 aliphatic rings. The summed E-state index contributed by atoms with van der Waals surface area (Å²) < 4.78 is 0. The van der Waals surface area contributed by atoms with Crippen LogP contribution in [0.5, 0.6) is 0 Å². The Balaban J connectivity index is 0.000001000. The maximum absolute atomic E-state index is 3.16. The summed E-state index contributed by atoms with van der Waals surface area (Å²) >= 11 is 0. The first-order valence-electron chi connectivity index (χ1n) is 3.91. The van der Waals surface area contributed by atoms with Gasteiger partial charge in [-0.25, -0.2) is 0 Å². The van der Waals surface area contributed by atoms with Crippen molar-refractivity contribution in [2.45, 2.75) is 19.3 Å². The van der Waals surface area contributed by atoms with E-state index >= 15 is 0 Å². The quantitative estimate of drug-likeness (QED) is 0.578. The van der Waals surface area contributed by atoms with E-state index in [1.54, 1.807) is 0 Å². The molecule has 0 bridgehead atoms. The fourth-order valence-electron chi connectivity index (χ4n) is 1.19. The molecule has 1 heteroatoms. The molecule has 0 saturated heterocycles.